The summed E-state index contributed by atoms with van der Waals surface area (Å²) >= 11 is 0. The third-order valence-electron chi connectivity index (χ3n) is 5.63. The van der Waals surface area contributed by atoms with Crippen LogP contribution < -0.4 is 4.72 Å². The topological polar surface area (TPSA) is 83.6 Å². The maximum absolute atomic E-state index is 12.7. The SMILES string of the molecule is CC(C)(C)c1ccc(S(=O)(=O)NC(=O)C2(C)CCN2C(=O)CC2CC2)cc1. The Morgan fingerprint density at radius 1 is 1.19 bits per heavy atom. The zero-order chi connectivity index (χ0) is 20.0. The number of hydrogen-bond donors (Lipinski definition) is 1. The third-order valence-corrected chi connectivity index (χ3v) is 6.97. The molecule has 1 aromatic carbocycles. The predicted octanol–water partition coefficient (Wildman–Crippen LogP) is 2.58. The van der Waals surface area contributed by atoms with Gasteiger partial charge < -0.3 is 4.90 Å². The van der Waals surface area contributed by atoms with E-state index in [-0.39, 0.29) is 16.2 Å². The van der Waals surface area contributed by atoms with E-state index < -0.39 is 21.5 Å². The number of likely N-dealkylation sites (tertiary alicyclic amines) is 1. The van der Waals surface area contributed by atoms with Gasteiger partial charge in [-0.15, -0.1) is 0 Å². The van der Waals surface area contributed by atoms with E-state index in [9.17, 15) is 18.0 Å². The highest BCUT2D eigenvalue weighted by molar-refractivity contribution is 7.90. The van der Waals surface area contributed by atoms with Gasteiger partial charge in [-0.3, -0.25) is 9.59 Å². The Kier molecular flexibility index (Phi) is 4.87. The van der Waals surface area contributed by atoms with Gasteiger partial charge in [-0.25, -0.2) is 13.1 Å². The standard InChI is InChI=1S/C20H28N2O4S/c1-19(2,3)15-7-9-16(10-8-15)27(25,26)21-18(24)20(4)11-12-22(20)17(23)13-14-5-6-14/h7-10,14H,5-6,11-13H2,1-4H3,(H,21,24). The first-order chi connectivity index (χ1) is 12.4. The zero-order valence-corrected chi connectivity index (χ0v) is 17.2. The van der Waals surface area contributed by atoms with E-state index in [1.807, 2.05) is 20.8 Å². The molecule has 1 saturated heterocycles. The van der Waals surface area contributed by atoms with Crippen LogP contribution in [0.25, 0.3) is 0 Å². The molecule has 0 radical (unpaired) electrons. The lowest BCUT2D eigenvalue weighted by Crippen LogP contribution is -2.67. The van der Waals surface area contributed by atoms with Crippen LogP contribution in [0.4, 0.5) is 0 Å². The molecule has 3 rings (SSSR count). The first-order valence-electron chi connectivity index (χ1n) is 9.42. The van der Waals surface area contributed by atoms with Gasteiger partial charge in [0, 0.05) is 13.0 Å². The van der Waals surface area contributed by atoms with Gasteiger partial charge in [0.1, 0.15) is 5.54 Å². The van der Waals surface area contributed by atoms with E-state index in [4.69, 9.17) is 0 Å². The Labute approximate surface area is 161 Å². The van der Waals surface area contributed by atoms with Crippen molar-refractivity contribution < 1.29 is 18.0 Å². The number of sulfonamides is 1. The predicted molar refractivity (Wildman–Crippen MR) is 103 cm³/mol. The van der Waals surface area contributed by atoms with Gasteiger partial charge in [-0.2, -0.15) is 0 Å². The van der Waals surface area contributed by atoms with Crippen molar-refractivity contribution in [2.45, 2.75) is 69.2 Å². The second-order valence-electron chi connectivity index (χ2n) is 8.93. The highest BCUT2D eigenvalue weighted by Crippen LogP contribution is 2.37. The summed E-state index contributed by atoms with van der Waals surface area (Å²) in [4.78, 5) is 26.6. The van der Waals surface area contributed by atoms with Crippen molar-refractivity contribution in [1.29, 1.82) is 0 Å². The van der Waals surface area contributed by atoms with Crippen LogP contribution in [0.5, 0.6) is 0 Å². The summed E-state index contributed by atoms with van der Waals surface area (Å²) in [5, 5.41) is 0. The van der Waals surface area contributed by atoms with E-state index in [0.717, 1.165) is 18.4 Å². The molecule has 6 nitrogen and oxygen atoms in total. The average molecular weight is 393 g/mol. The van der Waals surface area contributed by atoms with Crippen LogP contribution in [0, 0.1) is 5.92 Å². The summed E-state index contributed by atoms with van der Waals surface area (Å²) in [5.41, 5.74) is -0.173. The van der Waals surface area contributed by atoms with Crippen LogP contribution in [0.1, 0.15) is 58.9 Å². The summed E-state index contributed by atoms with van der Waals surface area (Å²) in [5.74, 6) is -0.276. The molecule has 1 unspecified atom stereocenters. The number of nitrogens with zero attached hydrogens (tertiary/aromatic N) is 1. The van der Waals surface area contributed by atoms with Gasteiger partial charge in [0.2, 0.25) is 5.91 Å². The Morgan fingerprint density at radius 2 is 1.78 bits per heavy atom. The van der Waals surface area contributed by atoms with Crippen LogP contribution in [-0.2, 0) is 25.0 Å². The third kappa shape index (κ3) is 4.03. The fraction of sp³-hybridized carbons (Fsp3) is 0.600. The fourth-order valence-corrected chi connectivity index (χ4v) is 4.38. The number of amides is 2. The number of carbonyl (C=O) groups excluding carboxylic acids is 2. The molecular weight excluding hydrogens is 364 g/mol. The Morgan fingerprint density at radius 3 is 2.22 bits per heavy atom. The fourth-order valence-electron chi connectivity index (χ4n) is 3.30. The molecule has 7 heteroatoms. The molecule has 27 heavy (non-hydrogen) atoms. The van der Waals surface area contributed by atoms with Crippen molar-refractivity contribution in [2.24, 2.45) is 5.92 Å². The van der Waals surface area contributed by atoms with Gasteiger partial charge in [0.15, 0.2) is 0 Å². The molecule has 1 atom stereocenters. The van der Waals surface area contributed by atoms with Crippen LogP contribution in [0.3, 0.4) is 0 Å². The molecule has 0 aromatic heterocycles. The normalized spacial score (nSPS) is 22.9. The van der Waals surface area contributed by atoms with E-state index in [2.05, 4.69) is 4.72 Å². The maximum Gasteiger partial charge on any atom is 0.264 e. The van der Waals surface area contributed by atoms with Crippen LogP contribution in [0.2, 0.25) is 0 Å². The van der Waals surface area contributed by atoms with Crippen molar-refractivity contribution in [1.82, 2.24) is 9.62 Å². The number of hydrogen-bond acceptors (Lipinski definition) is 4. The van der Waals surface area contributed by atoms with Gasteiger partial charge in [-0.05, 0) is 55.2 Å². The van der Waals surface area contributed by atoms with Crippen molar-refractivity contribution in [3.05, 3.63) is 29.8 Å². The minimum absolute atomic E-state index is 0.0441. The number of benzene rings is 1. The van der Waals surface area contributed by atoms with Gasteiger partial charge in [-0.1, -0.05) is 32.9 Å². The Hall–Kier alpha value is -1.89. The first-order valence-corrected chi connectivity index (χ1v) is 10.9. The Balaban J connectivity index is 1.71. The van der Waals surface area contributed by atoms with Crippen LogP contribution in [0.15, 0.2) is 29.2 Å². The average Bonchev–Trinajstić information content (AvgIpc) is 3.35. The molecule has 1 aliphatic heterocycles. The van der Waals surface area contributed by atoms with E-state index in [1.165, 1.54) is 17.0 Å². The highest BCUT2D eigenvalue weighted by atomic mass is 32.2. The number of rotatable bonds is 5. The van der Waals surface area contributed by atoms with Gasteiger partial charge >= 0.3 is 0 Å². The van der Waals surface area contributed by atoms with E-state index in [0.29, 0.717) is 25.3 Å². The second-order valence-corrected chi connectivity index (χ2v) is 10.6. The summed E-state index contributed by atoms with van der Waals surface area (Å²) in [6.45, 7) is 8.26. The van der Waals surface area contributed by atoms with Crippen molar-refractivity contribution >= 4 is 21.8 Å². The molecule has 2 fully saturated rings. The molecule has 0 spiro atoms. The molecule has 0 bridgehead atoms. The number of nitrogens with one attached hydrogen (secondary N) is 1. The molecule has 2 amide bonds. The Bertz CT molecular complexity index is 851. The lowest BCUT2D eigenvalue weighted by Gasteiger charge is -2.49. The van der Waals surface area contributed by atoms with Crippen molar-refractivity contribution in [2.75, 3.05) is 6.54 Å². The molecule has 148 valence electrons. The molecular formula is C20H28N2O4S. The number of carbonyl (C=O) groups is 2. The summed E-state index contributed by atoms with van der Waals surface area (Å²) in [7, 11) is -3.98. The smallest absolute Gasteiger partial charge is 0.264 e. The minimum Gasteiger partial charge on any atom is -0.328 e. The summed E-state index contributed by atoms with van der Waals surface area (Å²) < 4.78 is 27.4. The lowest BCUT2D eigenvalue weighted by molar-refractivity contribution is -0.156. The first kappa shape index (κ1) is 19.9. The van der Waals surface area contributed by atoms with Crippen LogP contribution in [-0.4, -0.2) is 37.2 Å². The zero-order valence-electron chi connectivity index (χ0n) is 16.4. The molecule has 1 saturated carbocycles. The molecule has 1 aliphatic carbocycles. The van der Waals surface area contributed by atoms with Gasteiger partial charge in [0.25, 0.3) is 15.9 Å². The van der Waals surface area contributed by atoms with E-state index >= 15 is 0 Å². The van der Waals surface area contributed by atoms with Gasteiger partial charge in [0.05, 0.1) is 4.90 Å². The summed E-state index contributed by atoms with van der Waals surface area (Å²) in [6.07, 6.45) is 3.03. The van der Waals surface area contributed by atoms with Crippen molar-refractivity contribution in [3.63, 3.8) is 0 Å². The second kappa shape index (κ2) is 6.62. The van der Waals surface area contributed by atoms with Crippen molar-refractivity contribution in [3.8, 4) is 0 Å². The highest BCUT2D eigenvalue weighted by Gasteiger charge is 2.50. The summed E-state index contributed by atoms with van der Waals surface area (Å²) in [6, 6.07) is 6.54. The quantitative estimate of drug-likeness (QED) is 0.835. The lowest BCUT2D eigenvalue weighted by atomic mass is 9.85. The largest absolute Gasteiger partial charge is 0.328 e. The molecule has 1 N–H and O–H groups in total. The molecule has 1 aromatic rings. The molecule has 1 heterocycles. The monoisotopic (exact) mass is 392 g/mol. The van der Waals surface area contributed by atoms with Crippen LogP contribution >= 0.6 is 0 Å². The van der Waals surface area contributed by atoms with E-state index in [1.54, 1.807) is 19.1 Å². The maximum atomic E-state index is 12.7. The minimum atomic E-state index is -3.98. The molecule has 2 aliphatic rings.